The van der Waals surface area contributed by atoms with Crippen molar-refractivity contribution < 1.29 is 0 Å². The van der Waals surface area contributed by atoms with E-state index in [1.165, 1.54) is 97.7 Å². The van der Waals surface area contributed by atoms with E-state index >= 15 is 0 Å². The molecule has 0 fully saturated rings. The molecular formula is C61H43NS. The second kappa shape index (κ2) is 14.8. The van der Waals surface area contributed by atoms with Crippen LogP contribution in [-0.2, 0) is 5.41 Å². The van der Waals surface area contributed by atoms with Gasteiger partial charge in [-0.2, -0.15) is 0 Å². The molecule has 1 heterocycles. The van der Waals surface area contributed by atoms with Crippen LogP contribution in [0.1, 0.15) is 25.0 Å². The summed E-state index contributed by atoms with van der Waals surface area (Å²) in [5.74, 6) is 0. The Morgan fingerprint density at radius 3 is 1.60 bits per heavy atom. The lowest BCUT2D eigenvalue weighted by Crippen LogP contribution is -2.16. The minimum atomic E-state index is -0.176. The minimum Gasteiger partial charge on any atom is -0.310 e. The van der Waals surface area contributed by atoms with Crippen LogP contribution < -0.4 is 4.90 Å². The summed E-state index contributed by atoms with van der Waals surface area (Å²) in [6.07, 6.45) is 0. The van der Waals surface area contributed by atoms with E-state index in [4.69, 9.17) is 0 Å². The molecule has 0 saturated carbocycles. The standard InChI is InChI=1S/C61H43NS/c1-61(2)57-38-46(40-12-4-3-5-13-40)26-33-53(57)54-34-32-50(39-58(54)61)62(49-30-24-42(25-31-49)45-27-35-60-56(37-45)55-19-8-9-21-59(55)63-60)48-28-22-41(23-29-48)44-16-10-17-47(36-44)52-20-11-15-43-14-6-7-18-51(43)52/h3-39H,1-2H3. The van der Waals surface area contributed by atoms with Crippen molar-refractivity contribution in [2.75, 3.05) is 4.90 Å². The first-order valence-electron chi connectivity index (χ1n) is 21.8. The number of hydrogen-bond donors (Lipinski definition) is 0. The van der Waals surface area contributed by atoms with Crippen LogP contribution in [0.2, 0.25) is 0 Å². The Labute approximate surface area is 372 Å². The first-order valence-corrected chi connectivity index (χ1v) is 22.6. The van der Waals surface area contributed by atoms with E-state index < -0.39 is 0 Å². The Morgan fingerprint density at radius 2 is 0.825 bits per heavy atom. The predicted octanol–water partition coefficient (Wildman–Crippen LogP) is 17.7. The van der Waals surface area contributed by atoms with Gasteiger partial charge < -0.3 is 4.90 Å². The van der Waals surface area contributed by atoms with Crippen molar-refractivity contribution in [3.8, 4) is 55.6 Å². The topological polar surface area (TPSA) is 3.24 Å². The van der Waals surface area contributed by atoms with E-state index in [1.807, 2.05) is 11.3 Å². The van der Waals surface area contributed by atoms with E-state index in [-0.39, 0.29) is 5.41 Å². The van der Waals surface area contributed by atoms with Crippen LogP contribution in [0, 0.1) is 0 Å². The van der Waals surface area contributed by atoms with Gasteiger partial charge in [-0.25, -0.2) is 0 Å². The Hall–Kier alpha value is -7.52. The lowest BCUT2D eigenvalue weighted by molar-refractivity contribution is 0.660. The van der Waals surface area contributed by atoms with Gasteiger partial charge >= 0.3 is 0 Å². The van der Waals surface area contributed by atoms with Crippen LogP contribution in [0.25, 0.3) is 86.6 Å². The summed E-state index contributed by atoms with van der Waals surface area (Å²) in [6.45, 7) is 4.76. The number of hydrogen-bond acceptors (Lipinski definition) is 2. The summed E-state index contributed by atoms with van der Waals surface area (Å²) < 4.78 is 2.65. The van der Waals surface area contributed by atoms with Gasteiger partial charge in [0.05, 0.1) is 0 Å². The van der Waals surface area contributed by atoms with Gasteiger partial charge in [0, 0.05) is 42.6 Å². The van der Waals surface area contributed by atoms with E-state index in [0.717, 1.165) is 17.1 Å². The average molecular weight is 822 g/mol. The van der Waals surface area contributed by atoms with Crippen LogP contribution >= 0.6 is 11.3 Å². The maximum absolute atomic E-state index is 2.43. The van der Waals surface area contributed by atoms with E-state index in [1.54, 1.807) is 0 Å². The zero-order valence-corrected chi connectivity index (χ0v) is 36.0. The Morgan fingerprint density at radius 1 is 0.317 bits per heavy atom. The van der Waals surface area contributed by atoms with Crippen LogP contribution in [0.4, 0.5) is 17.1 Å². The maximum Gasteiger partial charge on any atom is 0.0465 e. The van der Waals surface area contributed by atoms with Crippen molar-refractivity contribution in [2.45, 2.75) is 19.3 Å². The highest BCUT2D eigenvalue weighted by molar-refractivity contribution is 7.25. The molecule has 0 saturated heterocycles. The van der Waals surface area contributed by atoms with Crippen molar-refractivity contribution in [1.29, 1.82) is 0 Å². The summed E-state index contributed by atoms with van der Waals surface area (Å²) in [5, 5.41) is 5.17. The minimum absolute atomic E-state index is 0.176. The Kier molecular flexibility index (Phi) is 8.77. The molecule has 1 nitrogen and oxygen atoms in total. The third-order valence-electron chi connectivity index (χ3n) is 13.3. The molecule has 0 aliphatic heterocycles. The zero-order chi connectivity index (χ0) is 42.1. The van der Waals surface area contributed by atoms with Crippen molar-refractivity contribution in [3.05, 3.63) is 236 Å². The molecule has 0 spiro atoms. The van der Waals surface area contributed by atoms with E-state index in [0.29, 0.717) is 0 Å². The fourth-order valence-electron chi connectivity index (χ4n) is 9.98. The van der Waals surface area contributed by atoms with Crippen LogP contribution in [0.15, 0.2) is 224 Å². The van der Waals surface area contributed by atoms with Crippen molar-refractivity contribution in [2.24, 2.45) is 0 Å². The molecule has 298 valence electrons. The fourth-order valence-corrected chi connectivity index (χ4v) is 11.1. The predicted molar refractivity (Wildman–Crippen MR) is 271 cm³/mol. The normalized spacial score (nSPS) is 12.7. The lowest BCUT2D eigenvalue weighted by atomic mass is 9.81. The number of nitrogens with zero attached hydrogens (tertiary/aromatic N) is 1. The lowest BCUT2D eigenvalue weighted by Gasteiger charge is -2.28. The van der Waals surface area contributed by atoms with Gasteiger partial charge in [0.25, 0.3) is 0 Å². The van der Waals surface area contributed by atoms with Gasteiger partial charge in [0.1, 0.15) is 0 Å². The molecule has 10 aromatic carbocycles. The second-order valence-electron chi connectivity index (χ2n) is 17.3. The molecule has 0 unspecified atom stereocenters. The highest BCUT2D eigenvalue weighted by atomic mass is 32.1. The van der Waals surface area contributed by atoms with Crippen molar-refractivity contribution in [3.63, 3.8) is 0 Å². The van der Waals surface area contributed by atoms with Gasteiger partial charge in [0.2, 0.25) is 0 Å². The van der Waals surface area contributed by atoms with E-state index in [2.05, 4.69) is 243 Å². The molecule has 0 amide bonds. The molecule has 0 radical (unpaired) electrons. The molecule has 2 heteroatoms. The monoisotopic (exact) mass is 821 g/mol. The summed E-state index contributed by atoms with van der Waals surface area (Å²) in [5.41, 5.74) is 18.3. The first-order chi connectivity index (χ1) is 31.0. The highest BCUT2D eigenvalue weighted by Gasteiger charge is 2.36. The van der Waals surface area contributed by atoms with Crippen LogP contribution in [-0.4, -0.2) is 0 Å². The molecule has 1 aliphatic carbocycles. The third-order valence-corrected chi connectivity index (χ3v) is 14.4. The second-order valence-corrected chi connectivity index (χ2v) is 18.4. The molecule has 1 aromatic heterocycles. The smallest absolute Gasteiger partial charge is 0.0465 e. The number of anilines is 3. The molecule has 11 aromatic rings. The fraction of sp³-hybridized carbons (Fsp3) is 0.0492. The van der Waals surface area contributed by atoms with Crippen molar-refractivity contribution in [1.82, 2.24) is 0 Å². The van der Waals surface area contributed by atoms with E-state index in [9.17, 15) is 0 Å². The zero-order valence-electron chi connectivity index (χ0n) is 35.2. The summed E-state index contributed by atoms with van der Waals surface area (Å²) in [7, 11) is 0. The van der Waals surface area contributed by atoms with Gasteiger partial charge in [-0.05, 0) is 144 Å². The maximum atomic E-state index is 2.43. The Balaban J connectivity index is 0.937. The molecule has 63 heavy (non-hydrogen) atoms. The molecule has 0 atom stereocenters. The van der Waals surface area contributed by atoms with Crippen LogP contribution in [0.3, 0.4) is 0 Å². The third kappa shape index (κ3) is 6.37. The first kappa shape index (κ1) is 37.3. The van der Waals surface area contributed by atoms with Crippen molar-refractivity contribution >= 4 is 59.3 Å². The highest BCUT2D eigenvalue weighted by Crippen LogP contribution is 2.52. The number of rotatable bonds is 7. The van der Waals surface area contributed by atoms with Gasteiger partial charge in [-0.15, -0.1) is 11.3 Å². The Bertz CT molecular complexity index is 3520. The largest absolute Gasteiger partial charge is 0.310 e. The average Bonchev–Trinajstić information content (AvgIpc) is 3.83. The molecule has 12 rings (SSSR count). The number of thiophene rings is 1. The number of fused-ring (bicyclic) bond motifs is 7. The SMILES string of the molecule is CC1(C)c2cc(-c3ccccc3)ccc2-c2ccc(N(c3ccc(-c4cccc(-c5cccc6ccccc56)c4)cc3)c3ccc(-c4ccc5sc6ccccc6c5c4)cc3)cc21. The summed E-state index contributed by atoms with van der Waals surface area (Å²) in [6, 6.07) is 82.9. The van der Waals surface area contributed by atoms with Crippen LogP contribution in [0.5, 0.6) is 0 Å². The molecule has 0 N–H and O–H groups in total. The molecule has 0 bridgehead atoms. The summed E-state index contributed by atoms with van der Waals surface area (Å²) in [4.78, 5) is 2.42. The quantitative estimate of drug-likeness (QED) is 0.155. The van der Waals surface area contributed by atoms with Gasteiger partial charge in [-0.1, -0.05) is 172 Å². The molecule has 1 aliphatic rings. The molecular weight excluding hydrogens is 779 g/mol. The number of benzene rings is 10. The summed E-state index contributed by atoms with van der Waals surface area (Å²) >= 11 is 1.86. The van der Waals surface area contributed by atoms with Gasteiger partial charge in [0.15, 0.2) is 0 Å². The van der Waals surface area contributed by atoms with Gasteiger partial charge in [-0.3, -0.25) is 0 Å².